The van der Waals surface area contributed by atoms with Crippen LogP contribution >= 0.6 is 11.3 Å². The van der Waals surface area contributed by atoms with E-state index in [1.165, 1.54) is 11.3 Å². The van der Waals surface area contributed by atoms with Gasteiger partial charge in [-0.25, -0.2) is 4.98 Å². The molecule has 0 aromatic carbocycles. The van der Waals surface area contributed by atoms with Crippen LogP contribution in [0.2, 0.25) is 0 Å². The van der Waals surface area contributed by atoms with Crippen molar-refractivity contribution >= 4 is 17.3 Å². The van der Waals surface area contributed by atoms with Crippen LogP contribution in [0.5, 0.6) is 0 Å². The molecular weight excluding hydrogens is 174 g/mol. The molecule has 1 heterocycles. The largest absolute Gasteiger partial charge is 0.481 e. The molecule has 1 N–H and O–H groups in total. The zero-order chi connectivity index (χ0) is 9.14. The molecule has 0 radical (unpaired) electrons. The van der Waals surface area contributed by atoms with Crippen molar-refractivity contribution in [3.63, 3.8) is 0 Å². The van der Waals surface area contributed by atoms with E-state index in [9.17, 15) is 4.79 Å². The van der Waals surface area contributed by atoms with E-state index in [4.69, 9.17) is 5.11 Å². The molecule has 0 fully saturated rings. The number of rotatable bonds is 3. The molecular formula is C8H11NO2S. The summed E-state index contributed by atoms with van der Waals surface area (Å²) >= 11 is 1.49. The molecule has 0 unspecified atom stereocenters. The zero-order valence-corrected chi connectivity index (χ0v) is 7.89. The topological polar surface area (TPSA) is 50.2 Å². The van der Waals surface area contributed by atoms with Crippen LogP contribution < -0.4 is 0 Å². The number of nitrogens with zero attached hydrogens (tertiary/aromatic N) is 1. The van der Waals surface area contributed by atoms with Gasteiger partial charge in [0.05, 0.1) is 16.6 Å². The summed E-state index contributed by atoms with van der Waals surface area (Å²) < 4.78 is 0. The molecule has 0 aliphatic rings. The van der Waals surface area contributed by atoms with Gasteiger partial charge in [0.15, 0.2) is 0 Å². The molecule has 1 atom stereocenters. The third-order valence-electron chi connectivity index (χ3n) is 1.70. The van der Waals surface area contributed by atoms with Crippen molar-refractivity contribution in [2.75, 3.05) is 0 Å². The normalized spacial score (nSPS) is 12.8. The molecule has 0 aliphatic carbocycles. The highest BCUT2D eigenvalue weighted by atomic mass is 32.1. The summed E-state index contributed by atoms with van der Waals surface area (Å²) in [5, 5.41) is 11.5. The minimum absolute atomic E-state index is 0.435. The molecule has 0 spiro atoms. The van der Waals surface area contributed by atoms with Gasteiger partial charge in [-0.3, -0.25) is 4.79 Å². The first kappa shape index (κ1) is 9.19. The highest BCUT2D eigenvalue weighted by Gasteiger charge is 2.19. The van der Waals surface area contributed by atoms with Gasteiger partial charge in [0.2, 0.25) is 0 Å². The second-order valence-electron chi connectivity index (χ2n) is 2.59. The van der Waals surface area contributed by atoms with Crippen LogP contribution in [0.1, 0.15) is 30.0 Å². The van der Waals surface area contributed by atoms with Crippen LogP contribution in [0.15, 0.2) is 5.38 Å². The number of aryl methyl sites for hydroxylation is 1. The van der Waals surface area contributed by atoms with Crippen molar-refractivity contribution in [3.8, 4) is 0 Å². The van der Waals surface area contributed by atoms with Gasteiger partial charge in [-0.1, -0.05) is 6.92 Å². The predicted molar refractivity (Wildman–Crippen MR) is 47.5 cm³/mol. The van der Waals surface area contributed by atoms with Gasteiger partial charge in [-0.2, -0.15) is 0 Å². The minimum Gasteiger partial charge on any atom is -0.481 e. The molecule has 1 aromatic rings. The Balaban J connectivity index is 2.87. The first-order valence-corrected chi connectivity index (χ1v) is 4.68. The van der Waals surface area contributed by atoms with Gasteiger partial charge in [0.25, 0.3) is 0 Å². The Bertz CT molecular complexity index is 282. The number of hydrogen-bond acceptors (Lipinski definition) is 3. The second kappa shape index (κ2) is 3.67. The summed E-state index contributed by atoms with van der Waals surface area (Å²) in [6.07, 6.45) is 0.596. The number of carbonyl (C=O) groups is 1. The van der Waals surface area contributed by atoms with Crippen molar-refractivity contribution < 1.29 is 9.90 Å². The highest BCUT2D eigenvalue weighted by Crippen LogP contribution is 2.21. The summed E-state index contributed by atoms with van der Waals surface area (Å²) in [6.45, 7) is 3.73. The molecule has 12 heavy (non-hydrogen) atoms. The van der Waals surface area contributed by atoms with Gasteiger partial charge >= 0.3 is 5.97 Å². The average Bonchev–Trinajstić information content (AvgIpc) is 2.37. The third-order valence-corrected chi connectivity index (χ3v) is 2.49. The molecule has 1 rings (SSSR count). The lowest BCUT2D eigenvalue weighted by atomic mass is 10.0. The Labute approximate surface area is 75.1 Å². The maximum atomic E-state index is 10.7. The number of thiazole rings is 1. The smallest absolute Gasteiger partial charge is 0.312 e. The molecule has 66 valence electrons. The fourth-order valence-corrected chi connectivity index (χ4v) is 1.72. The van der Waals surface area contributed by atoms with Crippen LogP contribution in [-0.4, -0.2) is 16.1 Å². The Morgan fingerprint density at radius 2 is 2.50 bits per heavy atom. The summed E-state index contributed by atoms with van der Waals surface area (Å²) in [6, 6.07) is 0. The van der Waals surface area contributed by atoms with E-state index in [0.717, 1.165) is 5.01 Å². The number of aromatic nitrogens is 1. The molecule has 0 saturated heterocycles. The fraction of sp³-hybridized carbons (Fsp3) is 0.500. The van der Waals surface area contributed by atoms with Crippen molar-refractivity contribution in [3.05, 3.63) is 16.1 Å². The zero-order valence-electron chi connectivity index (χ0n) is 7.07. The Morgan fingerprint density at radius 1 is 1.83 bits per heavy atom. The van der Waals surface area contributed by atoms with Crippen molar-refractivity contribution in [2.24, 2.45) is 0 Å². The summed E-state index contributed by atoms with van der Waals surface area (Å²) in [5.41, 5.74) is 0.688. The first-order chi connectivity index (χ1) is 5.65. The Hall–Kier alpha value is -0.900. The maximum absolute atomic E-state index is 10.7. The monoisotopic (exact) mass is 185 g/mol. The summed E-state index contributed by atoms with van der Waals surface area (Å²) in [7, 11) is 0. The highest BCUT2D eigenvalue weighted by molar-refractivity contribution is 7.09. The van der Waals surface area contributed by atoms with Crippen LogP contribution in [0.4, 0.5) is 0 Å². The lowest BCUT2D eigenvalue weighted by molar-refractivity contribution is -0.138. The van der Waals surface area contributed by atoms with E-state index in [0.29, 0.717) is 12.1 Å². The molecule has 0 aliphatic heterocycles. The molecule has 0 saturated carbocycles. The lowest BCUT2D eigenvalue weighted by Crippen LogP contribution is -2.10. The Morgan fingerprint density at radius 3 is 2.83 bits per heavy atom. The van der Waals surface area contributed by atoms with Crippen molar-refractivity contribution in [2.45, 2.75) is 26.2 Å². The van der Waals surface area contributed by atoms with Crippen LogP contribution in [-0.2, 0) is 4.79 Å². The van der Waals surface area contributed by atoms with E-state index >= 15 is 0 Å². The molecule has 4 heteroatoms. The van der Waals surface area contributed by atoms with Crippen molar-refractivity contribution in [1.29, 1.82) is 0 Å². The second-order valence-corrected chi connectivity index (χ2v) is 3.65. The average molecular weight is 185 g/mol. The minimum atomic E-state index is -0.789. The summed E-state index contributed by atoms with van der Waals surface area (Å²) in [5.74, 6) is -1.22. The molecule has 0 bridgehead atoms. The van der Waals surface area contributed by atoms with E-state index < -0.39 is 11.9 Å². The van der Waals surface area contributed by atoms with Gasteiger partial charge in [-0.15, -0.1) is 11.3 Å². The van der Waals surface area contributed by atoms with E-state index in [2.05, 4.69) is 4.98 Å². The number of aliphatic carboxylic acids is 1. The van der Waals surface area contributed by atoms with Gasteiger partial charge < -0.3 is 5.11 Å². The van der Waals surface area contributed by atoms with Crippen LogP contribution in [0.3, 0.4) is 0 Å². The van der Waals surface area contributed by atoms with Crippen LogP contribution in [0.25, 0.3) is 0 Å². The molecule has 3 nitrogen and oxygen atoms in total. The number of carboxylic acids is 1. The molecule has 1 aromatic heterocycles. The van der Waals surface area contributed by atoms with Crippen LogP contribution in [0, 0.1) is 6.92 Å². The standard InChI is InChI=1S/C8H11NO2S/c1-3-6(8(10)11)7-4-12-5(2)9-7/h4,6H,3H2,1-2H3,(H,10,11)/t6-/m1/s1. The van der Waals surface area contributed by atoms with Gasteiger partial charge in [0, 0.05) is 5.38 Å². The van der Waals surface area contributed by atoms with Gasteiger partial charge in [0.1, 0.15) is 0 Å². The fourth-order valence-electron chi connectivity index (χ4n) is 1.05. The quantitative estimate of drug-likeness (QED) is 0.783. The lowest BCUT2D eigenvalue weighted by Gasteiger charge is -2.04. The SMILES string of the molecule is CC[C@@H](C(=O)O)c1csc(C)n1. The van der Waals surface area contributed by atoms with E-state index in [1.54, 1.807) is 0 Å². The Kier molecular flexibility index (Phi) is 2.81. The number of hydrogen-bond donors (Lipinski definition) is 1. The maximum Gasteiger partial charge on any atom is 0.312 e. The number of carboxylic acid groups (broad SMARTS) is 1. The van der Waals surface area contributed by atoms with E-state index in [-0.39, 0.29) is 0 Å². The first-order valence-electron chi connectivity index (χ1n) is 3.80. The molecule has 0 amide bonds. The third kappa shape index (κ3) is 1.82. The summed E-state index contributed by atoms with van der Waals surface area (Å²) in [4.78, 5) is 14.8. The van der Waals surface area contributed by atoms with Gasteiger partial charge in [-0.05, 0) is 13.3 Å². The van der Waals surface area contributed by atoms with E-state index in [1.807, 2.05) is 19.2 Å². The predicted octanol–water partition coefficient (Wildman–Crippen LogP) is 2.03. The van der Waals surface area contributed by atoms with Crippen molar-refractivity contribution in [1.82, 2.24) is 4.98 Å².